The van der Waals surface area contributed by atoms with Crippen molar-refractivity contribution in [3.63, 3.8) is 0 Å². The van der Waals surface area contributed by atoms with Gasteiger partial charge in [0, 0.05) is 24.5 Å². The lowest BCUT2D eigenvalue weighted by Gasteiger charge is -2.18. The minimum Gasteiger partial charge on any atom is -0.326 e. The second-order valence-electron chi connectivity index (χ2n) is 4.04. The molecule has 2 atom stereocenters. The van der Waals surface area contributed by atoms with E-state index in [9.17, 15) is 0 Å². The first kappa shape index (κ1) is 12.6. The number of aryl methyl sites for hydroxylation is 1. The van der Waals surface area contributed by atoms with Gasteiger partial charge in [-0.05, 0) is 12.8 Å². The third kappa shape index (κ3) is 4.28. The number of aromatic nitrogens is 1. The predicted molar refractivity (Wildman–Crippen MR) is 66.0 cm³/mol. The van der Waals surface area contributed by atoms with Crippen LogP contribution in [0, 0.1) is 12.8 Å². The smallest absolute Gasteiger partial charge is 0.0897 e. The van der Waals surface area contributed by atoms with E-state index < -0.39 is 0 Å². The van der Waals surface area contributed by atoms with Gasteiger partial charge in [-0.3, -0.25) is 0 Å². The second kappa shape index (κ2) is 6.20. The average Bonchev–Trinajstić information content (AvgIpc) is 2.63. The number of hydrogen-bond donors (Lipinski definition) is 2. The van der Waals surface area contributed by atoms with Gasteiger partial charge in [0.15, 0.2) is 0 Å². The standard InChI is InChI=1S/C11H21N3S/c1-4-8(2)11(12)6-13-5-10-7-15-9(3)14-10/h7-8,11,13H,4-6,12H2,1-3H3. The summed E-state index contributed by atoms with van der Waals surface area (Å²) in [5, 5.41) is 6.57. The Labute approximate surface area is 96.1 Å². The SMILES string of the molecule is CCC(C)C(N)CNCc1csc(C)n1. The lowest BCUT2D eigenvalue weighted by atomic mass is 10.0. The molecule has 0 saturated heterocycles. The minimum absolute atomic E-state index is 0.245. The maximum Gasteiger partial charge on any atom is 0.0897 e. The predicted octanol–water partition coefficient (Wildman–Crippen LogP) is 1.91. The van der Waals surface area contributed by atoms with Crippen LogP contribution in [0.2, 0.25) is 0 Å². The number of nitrogens with zero attached hydrogens (tertiary/aromatic N) is 1. The monoisotopic (exact) mass is 227 g/mol. The zero-order valence-corrected chi connectivity index (χ0v) is 10.6. The van der Waals surface area contributed by atoms with Crippen LogP contribution in [0.4, 0.5) is 0 Å². The summed E-state index contributed by atoms with van der Waals surface area (Å²) in [4.78, 5) is 4.39. The third-order valence-electron chi connectivity index (χ3n) is 2.73. The van der Waals surface area contributed by atoms with E-state index >= 15 is 0 Å². The normalized spacial score (nSPS) is 15.2. The molecular formula is C11H21N3S. The van der Waals surface area contributed by atoms with E-state index in [2.05, 4.69) is 29.5 Å². The summed E-state index contributed by atoms with van der Waals surface area (Å²) in [6.45, 7) is 8.09. The summed E-state index contributed by atoms with van der Waals surface area (Å²) in [7, 11) is 0. The highest BCUT2D eigenvalue weighted by molar-refractivity contribution is 7.09. The Morgan fingerprint density at radius 1 is 1.60 bits per heavy atom. The Hall–Kier alpha value is -0.450. The molecule has 86 valence electrons. The number of nitrogens with two attached hydrogens (primary N) is 1. The van der Waals surface area contributed by atoms with E-state index in [1.807, 2.05) is 6.92 Å². The van der Waals surface area contributed by atoms with Crippen molar-refractivity contribution in [2.24, 2.45) is 11.7 Å². The van der Waals surface area contributed by atoms with Crippen LogP contribution in [-0.2, 0) is 6.54 Å². The van der Waals surface area contributed by atoms with Gasteiger partial charge in [-0.25, -0.2) is 4.98 Å². The van der Waals surface area contributed by atoms with Gasteiger partial charge in [-0.2, -0.15) is 0 Å². The highest BCUT2D eigenvalue weighted by Crippen LogP contribution is 2.08. The van der Waals surface area contributed by atoms with Crippen molar-refractivity contribution in [3.05, 3.63) is 16.1 Å². The van der Waals surface area contributed by atoms with Crippen molar-refractivity contribution >= 4 is 11.3 Å². The first-order chi connectivity index (χ1) is 7.13. The van der Waals surface area contributed by atoms with E-state index in [4.69, 9.17) is 5.73 Å². The molecule has 0 aliphatic heterocycles. The van der Waals surface area contributed by atoms with E-state index in [1.54, 1.807) is 11.3 Å². The van der Waals surface area contributed by atoms with Gasteiger partial charge in [0.1, 0.15) is 0 Å². The Morgan fingerprint density at radius 2 is 2.33 bits per heavy atom. The number of rotatable bonds is 6. The zero-order valence-electron chi connectivity index (χ0n) is 9.79. The van der Waals surface area contributed by atoms with Gasteiger partial charge < -0.3 is 11.1 Å². The molecule has 1 aromatic rings. The Morgan fingerprint density at radius 3 is 2.87 bits per heavy atom. The molecule has 2 unspecified atom stereocenters. The van der Waals surface area contributed by atoms with E-state index in [-0.39, 0.29) is 6.04 Å². The van der Waals surface area contributed by atoms with Crippen LogP contribution in [0.25, 0.3) is 0 Å². The molecule has 1 aromatic heterocycles. The van der Waals surface area contributed by atoms with Crippen LogP contribution in [0.1, 0.15) is 31.0 Å². The van der Waals surface area contributed by atoms with Crippen LogP contribution < -0.4 is 11.1 Å². The maximum absolute atomic E-state index is 6.02. The van der Waals surface area contributed by atoms with Gasteiger partial charge >= 0.3 is 0 Å². The molecular weight excluding hydrogens is 206 g/mol. The van der Waals surface area contributed by atoms with E-state index in [1.165, 1.54) is 0 Å². The van der Waals surface area contributed by atoms with E-state index in [0.717, 1.165) is 30.2 Å². The molecule has 1 rings (SSSR count). The average molecular weight is 227 g/mol. The molecule has 3 N–H and O–H groups in total. The summed E-state index contributed by atoms with van der Waals surface area (Å²) in [6.07, 6.45) is 1.14. The Kier molecular flexibility index (Phi) is 5.22. The zero-order chi connectivity index (χ0) is 11.3. The number of thiazole rings is 1. The van der Waals surface area contributed by atoms with Crippen molar-refractivity contribution in [2.45, 2.75) is 39.8 Å². The number of hydrogen-bond acceptors (Lipinski definition) is 4. The van der Waals surface area contributed by atoms with Crippen molar-refractivity contribution in [3.8, 4) is 0 Å². The third-order valence-corrected chi connectivity index (χ3v) is 3.55. The van der Waals surface area contributed by atoms with Crippen LogP contribution in [0.3, 0.4) is 0 Å². The molecule has 0 aliphatic carbocycles. The lowest BCUT2D eigenvalue weighted by molar-refractivity contribution is 0.417. The van der Waals surface area contributed by atoms with Gasteiger partial charge in [0.05, 0.1) is 10.7 Å². The number of nitrogens with one attached hydrogen (secondary N) is 1. The molecule has 0 saturated carbocycles. The maximum atomic E-state index is 6.02. The van der Waals surface area contributed by atoms with Crippen LogP contribution >= 0.6 is 11.3 Å². The molecule has 0 spiro atoms. The molecule has 0 bridgehead atoms. The first-order valence-corrected chi connectivity index (χ1v) is 6.38. The molecule has 0 aliphatic rings. The summed E-state index contributed by atoms with van der Waals surface area (Å²) in [5.41, 5.74) is 7.14. The highest BCUT2D eigenvalue weighted by Gasteiger charge is 2.09. The van der Waals surface area contributed by atoms with E-state index in [0.29, 0.717) is 5.92 Å². The summed E-state index contributed by atoms with van der Waals surface area (Å²) >= 11 is 1.69. The molecule has 0 fully saturated rings. The highest BCUT2D eigenvalue weighted by atomic mass is 32.1. The fraction of sp³-hybridized carbons (Fsp3) is 0.727. The topological polar surface area (TPSA) is 50.9 Å². The lowest BCUT2D eigenvalue weighted by Crippen LogP contribution is -2.38. The van der Waals surface area contributed by atoms with Crippen molar-refractivity contribution in [1.29, 1.82) is 0 Å². The van der Waals surface area contributed by atoms with Crippen molar-refractivity contribution in [1.82, 2.24) is 10.3 Å². The fourth-order valence-electron chi connectivity index (χ4n) is 1.36. The summed E-state index contributed by atoms with van der Waals surface area (Å²) < 4.78 is 0. The van der Waals surface area contributed by atoms with Crippen LogP contribution in [0.5, 0.6) is 0 Å². The van der Waals surface area contributed by atoms with Crippen molar-refractivity contribution in [2.75, 3.05) is 6.54 Å². The first-order valence-electron chi connectivity index (χ1n) is 5.50. The molecule has 1 heterocycles. The minimum atomic E-state index is 0.245. The molecule has 4 heteroatoms. The van der Waals surface area contributed by atoms with Gasteiger partial charge in [-0.1, -0.05) is 20.3 Å². The quantitative estimate of drug-likeness (QED) is 0.780. The molecule has 0 aromatic carbocycles. The second-order valence-corrected chi connectivity index (χ2v) is 5.10. The summed E-state index contributed by atoms with van der Waals surface area (Å²) in [6, 6.07) is 0.245. The van der Waals surface area contributed by atoms with Crippen molar-refractivity contribution < 1.29 is 0 Å². The van der Waals surface area contributed by atoms with Gasteiger partial charge in [-0.15, -0.1) is 11.3 Å². The Bertz CT molecular complexity index is 285. The molecule has 3 nitrogen and oxygen atoms in total. The Balaban J connectivity index is 2.21. The van der Waals surface area contributed by atoms with Crippen LogP contribution in [0.15, 0.2) is 5.38 Å². The molecule has 15 heavy (non-hydrogen) atoms. The molecule has 0 amide bonds. The summed E-state index contributed by atoms with van der Waals surface area (Å²) in [5.74, 6) is 0.578. The van der Waals surface area contributed by atoms with Crippen LogP contribution in [-0.4, -0.2) is 17.6 Å². The largest absolute Gasteiger partial charge is 0.326 e. The van der Waals surface area contributed by atoms with Gasteiger partial charge in [0.25, 0.3) is 0 Å². The fourth-order valence-corrected chi connectivity index (χ4v) is 1.97. The molecule has 0 radical (unpaired) electrons. The van der Waals surface area contributed by atoms with Gasteiger partial charge in [0.2, 0.25) is 0 Å².